The van der Waals surface area contributed by atoms with E-state index in [9.17, 15) is 19.8 Å². The average Bonchev–Trinajstić information content (AvgIpc) is 2.93. The molecule has 4 nitrogen and oxygen atoms in total. The zero-order valence-electron chi connectivity index (χ0n) is 26.8. The molecule has 0 bridgehead atoms. The lowest BCUT2D eigenvalue weighted by molar-refractivity contribution is -0.146. The Balaban J connectivity index is 3.69. The van der Waals surface area contributed by atoms with Crippen LogP contribution >= 0.6 is 0 Å². The lowest BCUT2D eigenvalue weighted by atomic mass is 9.92. The highest BCUT2D eigenvalue weighted by atomic mass is 16.4. The van der Waals surface area contributed by atoms with Crippen LogP contribution in [0.15, 0.2) is 12.2 Å². The van der Waals surface area contributed by atoms with Gasteiger partial charge in [-0.05, 0) is 51.4 Å². The Bertz CT molecular complexity index is 585. The van der Waals surface area contributed by atoms with Crippen LogP contribution in [0, 0.1) is 5.92 Å². The molecule has 2 atom stereocenters. The number of carboxylic acid groups (broad SMARTS) is 1. The van der Waals surface area contributed by atoms with Crippen molar-refractivity contribution >= 4 is 11.8 Å². The number of carbonyl (C=O) groups excluding carboxylic acids is 1. The van der Waals surface area contributed by atoms with E-state index in [4.69, 9.17) is 0 Å². The summed E-state index contributed by atoms with van der Waals surface area (Å²) >= 11 is 0. The van der Waals surface area contributed by atoms with Gasteiger partial charge in [0, 0.05) is 6.42 Å². The van der Waals surface area contributed by atoms with E-state index in [-0.39, 0.29) is 11.9 Å². The third-order valence-corrected chi connectivity index (χ3v) is 8.29. The molecule has 40 heavy (non-hydrogen) atoms. The molecule has 0 aromatic rings. The highest BCUT2D eigenvalue weighted by Gasteiger charge is 2.24. The maximum atomic E-state index is 12.5. The molecular weight excluding hydrogens is 496 g/mol. The lowest BCUT2D eigenvalue weighted by Crippen LogP contribution is -2.23. The number of Topliss-reactive ketones (excluding diaryl/α,β-unsaturated/α-hetero) is 1. The predicted octanol–water partition coefficient (Wildman–Crippen LogP) is 11.1. The zero-order valence-corrected chi connectivity index (χ0v) is 26.8. The van der Waals surface area contributed by atoms with E-state index in [1.54, 1.807) is 0 Å². The van der Waals surface area contributed by atoms with Crippen LogP contribution in [-0.2, 0) is 9.59 Å². The zero-order chi connectivity index (χ0) is 29.5. The summed E-state index contributed by atoms with van der Waals surface area (Å²) in [5, 5.41) is 19.8. The van der Waals surface area contributed by atoms with Gasteiger partial charge in [-0.1, -0.05) is 148 Å². The van der Waals surface area contributed by atoms with Gasteiger partial charge in [-0.3, -0.25) is 9.59 Å². The van der Waals surface area contributed by atoms with Gasteiger partial charge in [-0.25, -0.2) is 0 Å². The van der Waals surface area contributed by atoms with Crippen molar-refractivity contribution in [2.45, 2.75) is 200 Å². The normalized spacial score (nSPS) is 13.2. The van der Waals surface area contributed by atoms with Crippen LogP contribution < -0.4 is 0 Å². The minimum atomic E-state index is -0.965. The van der Waals surface area contributed by atoms with E-state index in [2.05, 4.69) is 26.0 Å². The molecule has 0 heterocycles. The second-order valence-corrected chi connectivity index (χ2v) is 12.2. The minimum Gasteiger partial charge on any atom is -0.481 e. The van der Waals surface area contributed by atoms with Crippen molar-refractivity contribution in [2.75, 3.05) is 0 Å². The molecule has 0 radical (unpaired) electrons. The van der Waals surface area contributed by atoms with Gasteiger partial charge in [0.15, 0.2) is 0 Å². The molecule has 0 amide bonds. The average molecular weight is 565 g/mol. The number of aliphatic carboxylic acids is 1. The SMILES string of the molecule is CCCCCCCCC=CCCCCCCCC(=O)C(CCCCCC(O)CCCCCCCCCC)C(=O)O. The molecule has 4 heteroatoms. The number of ketones is 1. The third kappa shape index (κ3) is 27.0. The Labute approximate surface area is 249 Å². The van der Waals surface area contributed by atoms with Crippen molar-refractivity contribution in [2.24, 2.45) is 5.92 Å². The fraction of sp³-hybridized carbons (Fsp3) is 0.889. The Kier molecular flexibility index (Phi) is 29.9. The number of carbonyl (C=O) groups is 2. The molecule has 2 N–H and O–H groups in total. The van der Waals surface area contributed by atoms with Crippen molar-refractivity contribution in [1.29, 1.82) is 0 Å². The predicted molar refractivity (Wildman–Crippen MR) is 172 cm³/mol. The van der Waals surface area contributed by atoms with Crippen molar-refractivity contribution < 1.29 is 19.8 Å². The van der Waals surface area contributed by atoms with Gasteiger partial charge in [-0.2, -0.15) is 0 Å². The molecule has 0 spiro atoms. The molecule has 0 saturated heterocycles. The summed E-state index contributed by atoms with van der Waals surface area (Å²) in [5.74, 6) is -1.91. The van der Waals surface area contributed by atoms with Crippen LogP contribution in [0.3, 0.4) is 0 Å². The number of unbranched alkanes of at least 4 members (excludes halogenated alkanes) is 20. The second kappa shape index (κ2) is 30.8. The highest BCUT2D eigenvalue weighted by molar-refractivity contribution is 5.98. The standard InChI is InChI=1S/C36H68O4/c1-3-5-7-9-11-13-14-15-16-17-18-19-21-23-28-32-35(38)34(36(39)40)31-27-24-26-30-33(37)29-25-22-20-12-10-8-6-4-2/h15-16,33-34,37H,3-14,17-32H2,1-2H3,(H,39,40). The van der Waals surface area contributed by atoms with Gasteiger partial charge in [-0.15, -0.1) is 0 Å². The molecule has 0 fully saturated rings. The van der Waals surface area contributed by atoms with Gasteiger partial charge in [0.25, 0.3) is 0 Å². The number of carboxylic acids is 1. The van der Waals surface area contributed by atoms with Crippen molar-refractivity contribution in [3.63, 3.8) is 0 Å². The van der Waals surface area contributed by atoms with Gasteiger partial charge in [0.05, 0.1) is 6.10 Å². The van der Waals surface area contributed by atoms with Gasteiger partial charge < -0.3 is 10.2 Å². The molecule has 236 valence electrons. The van der Waals surface area contributed by atoms with Gasteiger partial charge in [0.2, 0.25) is 0 Å². The smallest absolute Gasteiger partial charge is 0.314 e. The number of aliphatic hydroxyl groups excluding tert-OH is 1. The summed E-state index contributed by atoms with van der Waals surface area (Å²) in [6, 6.07) is 0. The fourth-order valence-corrected chi connectivity index (χ4v) is 5.53. The maximum Gasteiger partial charge on any atom is 0.314 e. The number of allylic oxidation sites excluding steroid dienone is 2. The molecule has 0 aromatic carbocycles. The molecular formula is C36H68O4. The summed E-state index contributed by atoms with van der Waals surface area (Å²) in [6.45, 7) is 4.50. The topological polar surface area (TPSA) is 74.6 Å². The summed E-state index contributed by atoms with van der Waals surface area (Å²) in [7, 11) is 0. The van der Waals surface area contributed by atoms with E-state index in [0.29, 0.717) is 12.8 Å². The van der Waals surface area contributed by atoms with Crippen molar-refractivity contribution in [3.8, 4) is 0 Å². The van der Waals surface area contributed by atoms with E-state index < -0.39 is 11.9 Å². The molecule has 0 rings (SSSR count). The van der Waals surface area contributed by atoms with E-state index in [1.807, 2.05) is 0 Å². The largest absolute Gasteiger partial charge is 0.481 e. The first-order valence-electron chi connectivity index (χ1n) is 17.6. The third-order valence-electron chi connectivity index (χ3n) is 8.29. The fourth-order valence-electron chi connectivity index (χ4n) is 5.53. The Morgan fingerprint density at radius 3 is 1.38 bits per heavy atom. The van der Waals surface area contributed by atoms with Crippen LogP contribution in [0.5, 0.6) is 0 Å². The maximum absolute atomic E-state index is 12.5. The number of rotatable bonds is 32. The summed E-state index contributed by atoms with van der Waals surface area (Å²) in [5.41, 5.74) is 0. The first-order valence-corrected chi connectivity index (χ1v) is 17.6. The minimum absolute atomic E-state index is 0.0974. The number of hydrogen-bond donors (Lipinski definition) is 2. The first kappa shape index (κ1) is 38.8. The number of aliphatic hydroxyl groups is 1. The van der Waals surface area contributed by atoms with Crippen LogP contribution in [0.2, 0.25) is 0 Å². The van der Waals surface area contributed by atoms with Crippen LogP contribution in [0.25, 0.3) is 0 Å². The summed E-state index contributed by atoms with van der Waals surface area (Å²) < 4.78 is 0. The van der Waals surface area contributed by atoms with E-state index in [0.717, 1.165) is 64.2 Å². The molecule has 0 aromatic heterocycles. The van der Waals surface area contributed by atoms with E-state index >= 15 is 0 Å². The molecule has 0 aliphatic carbocycles. The molecule has 2 unspecified atom stereocenters. The Morgan fingerprint density at radius 1 is 0.525 bits per heavy atom. The van der Waals surface area contributed by atoms with Crippen LogP contribution in [0.4, 0.5) is 0 Å². The Hall–Kier alpha value is -1.16. The molecule has 0 aliphatic heterocycles. The number of hydrogen-bond acceptors (Lipinski definition) is 3. The highest BCUT2D eigenvalue weighted by Crippen LogP contribution is 2.19. The summed E-state index contributed by atoms with van der Waals surface area (Å²) in [4.78, 5) is 24.2. The quantitative estimate of drug-likeness (QED) is 0.0484. The second-order valence-electron chi connectivity index (χ2n) is 12.2. The first-order chi connectivity index (χ1) is 19.5. The molecule has 0 aliphatic rings. The lowest BCUT2D eigenvalue weighted by Gasteiger charge is -2.13. The molecule has 0 saturated carbocycles. The monoisotopic (exact) mass is 565 g/mol. The van der Waals surface area contributed by atoms with Gasteiger partial charge >= 0.3 is 5.97 Å². The van der Waals surface area contributed by atoms with Crippen molar-refractivity contribution in [1.82, 2.24) is 0 Å². The van der Waals surface area contributed by atoms with Crippen LogP contribution in [-0.4, -0.2) is 28.1 Å². The summed E-state index contributed by atoms with van der Waals surface area (Å²) in [6.07, 6.45) is 35.5. The van der Waals surface area contributed by atoms with Crippen molar-refractivity contribution in [3.05, 3.63) is 12.2 Å². The van der Waals surface area contributed by atoms with Crippen LogP contribution in [0.1, 0.15) is 194 Å². The van der Waals surface area contributed by atoms with E-state index in [1.165, 1.54) is 103 Å². The van der Waals surface area contributed by atoms with Gasteiger partial charge in [0.1, 0.15) is 11.7 Å². The Morgan fingerprint density at radius 2 is 0.900 bits per heavy atom.